The summed E-state index contributed by atoms with van der Waals surface area (Å²) in [7, 11) is 0. The Kier molecular flexibility index (Phi) is 3.37. The second-order valence-electron chi connectivity index (χ2n) is 2.90. The third kappa shape index (κ3) is 2.18. The molecule has 0 fully saturated rings. The summed E-state index contributed by atoms with van der Waals surface area (Å²) >= 11 is 11.7. The number of primary amides is 1. The van der Waals surface area contributed by atoms with Crippen LogP contribution in [-0.4, -0.2) is 11.3 Å². The van der Waals surface area contributed by atoms with Gasteiger partial charge in [-0.15, -0.1) is 11.6 Å². The summed E-state index contributed by atoms with van der Waals surface area (Å²) in [6, 6.07) is 8.69. The maximum Gasteiger partial charge on any atom is 0.239 e. The normalized spacial score (nSPS) is 17.1. The van der Waals surface area contributed by atoms with E-state index in [0.717, 1.165) is 0 Å². The standard InChI is InChI=1S/C9H10Cl2N2O/c10-7(8(12)14)9(11,13)6-4-2-1-3-5-6/h1-5,7H,13H2,(H2,12,14). The van der Waals surface area contributed by atoms with Crippen LogP contribution in [0.15, 0.2) is 30.3 Å². The van der Waals surface area contributed by atoms with Crippen LogP contribution in [0.2, 0.25) is 0 Å². The van der Waals surface area contributed by atoms with Gasteiger partial charge < -0.3 is 11.5 Å². The monoisotopic (exact) mass is 232 g/mol. The lowest BCUT2D eigenvalue weighted by Crippen LogP contribution is -2.46. The first-order valence-corrected chi connectivity index (χ1v) is 4.74. The van der Waals surface area contributed by atoms with Gasteiger partial charge in [0.25, 0.3) is 0 Å². The Morgan fingerprint density at radius 2 is 1.86 bits per heavy atom. The molecule has 1 aromatic rings. The number of carbonyl (C=O) groups is 1. The van der Waals surface area contributed by atoms with Crippen molar-refractivity contribution < 1.29 is 4.79 Å². The van der Waals surface area contributed by atoms with Crippen molar-refractivity contribution in [2.45, 2.75) is 10.4 Å². The third-order valence-corrected chi connectivity index (χ3v) is 2.94. The van der Waals surface area contributed by atoms with Crippen molar-refractivity contribution in [3.05, 3.63) is 35.9 Å². The molecular weight excluding hydrogens is 223 g/mol. The van der Waals surface area contributed by atoms with Gasteiger partial charge in [0.05, 0.1) is 0 Å². The number of hydrogen-bond donors (Lipinski definition) is 2. The first-order chi connectivity index (χ1) is 6.46. The molecular formula is C9H10Cl2N2O. The Labute approximate surface area is 92.0 Å². The molecule has 0 spiro atoms. The zero-order valence-electron chi connectivity index (χ0n) is 7.28. The Morgan fingerprint density at radius 1 is 1.36 bits per heavy atom. The topological polar surface area (TPSA) is 69.1 Å². The lowest BCUT2D eigenvalue weighted by Gasteiger charge is -2.25. The second-order valence-corrected chi connectivity index (χ2v) is 3.96. The lowest BCUT2D eigenvalue weighted by molar-refractivity contribution is -0.118. The van der Waals surface area contributed by atoms with E-state index in [-0.39, 0.29) is 0 Å². The number of halogens is 2. The zero-order valence-corrected chi connectivity index (χ0v) is 8.79. The van der Waals surface area contributed by atoms with Crippen LogP contribution in [0.4, 0.5) is 0 Å². The molecule has 4 N–H and O–H groups in total. The van der Waals surface area contributed by atoms with Crippen molar-refractivity contribution in [2.75, 3.05) is 0 Å². The molecule has 0 radical (unpaired) electrons. The van der Waals surface area contributed by atoms with E-state index in [9.17, 15) is 4.79 Å². The minimum atomic E-state index is -1.46. The minimum absolute atomic E-state index is 0.556. The fourth-order valence-corrected chi connectivity index (χ4v) is 1.41. The van der Waals surface area contributed by atoms with E-state index in [1.807, 2.05) is 6.07 Å². The predicted molar refractivity (Wildman–Crippen MR) is 57.0 cm³/mol. The Morgan fingerprint density at radius 3 is 2.29 bits per heavy atom. The van der Waals surface area contributed by atoms with E-state index >= 15 is 0 Å². The molecule has 0 heterocycles. The minimum Gasteiger partial charge on any atom is -0.368 e. The second kappa shape index (κ2) is 4.17. The van der Waals surface area contributed by atoms with Crippen LogP contribution < -0.4 is 11.5 Å². The summed E-state index contributed by atoms with van der Waals surface area (Å²) in [5, 5.41) is -1.15. The summed E-state index contributed by atoms with van der Waals surface area (Å²) in [6.45, 7) is 0. The molecule has 5 heteroatoms. The molecule has 0 aliphatic rings. The fourth-order valence-electron chi connectivity index (χ4n) is 1.05. The van der Waals surface area contributed by atoms with E-state index in [0.29, 0.717) is 5.56 Å². The average molecular weight is 233 g/mol. The van der Waals surface area contributed by atoms with E-state index in [1.54, 1.807) is 24.3 Å². The molecule has 3 nitrogen and oxygen atoms in total. The summed E-state index contributed by atoms with van der Waals surface area (Å²) < 4.78 is 0. The van der Waals surface area contributed by atoms with Crippen molar-refractivity contribution in [2.24, 2.45) is 11.5 Å². The average Bonchev–Trinajstić information content (AvgIpc) is 2.18. The van der Waals surface area contributed by atoms with Gasteiger partial charge in [-0.25, -0.2) is 0 Å². The van der Waals surface area contributed by atoms with Crippen LogP contribution in [0.5, 0.6) is 0 Å². The van der Waals surface area contributed by atoms with Crippen molar-refractivity contribution in [1.29, 1.82) is 0 Å². The number of carbonyl (C=O) groups excluding carboxylic acids is 1. The molecule has 0 bridgehead atoms. The molecule has 14 heavy (non-hydrogen) atoms. The first-order valence-electron chi connectivity index (χ1n) is 3.93. The number of amides is 1. The number of nitrogens with two attached hydrogens (primary N) is 2. The number of rotatable bonds is 3. The molecule has 0 aliphatic carbocycles. The zero-order chi connectivity index (χ0) is 10.8. The van der Waals surface area contributed by atoms with Crippen LogP contribution in [-0.2, 0) is 9.79 Å². The molecule has 0 aliphatic heterocycles. The number of alkyl halides is 2. The Balaban J connectivity index is 3.02. The van der Waals surface area contributed by atoms with Gasteiger partial charge in [-0.1, -0.05) is 41.9 Å². The number of benzene rings is 1. The van der Waals surface area contributed by atoms with Gasteiger partial charge in [-0.2, -0.15) is 0 Å². The summed E-state index contributed by atoms with van der Waals surface area (Å²) in [4.78, 5) is 9.38. The van der Waals surface area contributed by atoms with Crippen LogP contribution >= 0.6 is 23.2 Å². The van der Waals surface area contributed by atoms with E-state index in [1.165, 1.54) is 0 Å². The van der Waals surface area contributed by atoms with Crippen LogP contribution in [0.1, 0.15) is 5.56 Å². The van der Waals surface area contributed by atoms with Crippen LogP contribution in [0.3, 0.4) is 0 Å². The van der Waals surface area contributed by atoms with Crippen molar-refractivity contribution in [3.63, 3.8) is 0 Å². The molecule has 0 saturated heterocycles. The predicted octanol–water partition coefficient (Wildman–Crippen LogP) is 1.13. The van der Waals surface area contributed by atoms with Gasteiger partial charge in [0.2, 0.25) is 5.91 Å². The smallest absolute Gasteiger partial charge is 0.239 e. The van der Waals surface area contributed by atoms with Gasteiger partial charge >= 0.3 is 0 Å². The molecule has 2 unspecified atom stereocenters. The molecule has 2 atom stereocenters. The molecule has 76 valence electrons. The van der Waals surface area contributed by atoms with E-state index in [4.69, 9.17) is 34.7 Å². The van der Waals surface area contributed by atoms with Gasteiger partial charge in [-0.3, -0.25) is 4.79 Å². The molecule has 0 saturated carbocycles. The quantitative estimate of drug-likeness (QED) is 0.606. The van der Waals surface area contributed by atoms with Crippen LogP contribution in [0, 0.1) is 0 Å². The highest BCUT2D eigenvalue weighted by molar-refractivity contribution is 6.38. The van der Waals surface area contributed by atoms with E-state index < -0.39 is 16.3 Å². The molecule has 1 aromatic carbocycles. The van der Waals surface area contributed by atoms with Crippen molar-refractivity contribution in [1.82, 2.24) is 0 Å². The van der Waals surface area contributed by atoms with Gasteiger partial charge in [0, 0.05) is 0 Å². The molecule has 1 amide bonds. The Hall–Kier alpha value is -0.770. The van der Waals surface area contributed by atoms with Crippen molar-refractivity contribution in [3.8, 4) is 0 Å². The fraction of sp³-hybridized carbons (Fsp3) is 0.222. The first kappa shape index (κ1) is 11.3. The summed E-state index contributed by atoms with van der Waals surface area (Å²) in [5.41, 5.74) is 11.3. The number of hydrogen-bond acceptors (Lipinski definition) is 2. The lowest BCUT2D eigenvalue weighted by atomic mass is 10.0. The van der Waals surface area contributed by atoms with Gasteiger partial charge in [-0.05, 0) is 5.56 Å². The van der Waals surface area contributed by atoms with Gasteiger partial charge in [0.15, 0.2) is 0 Å². The highest BCUT2D eigenvalue weighted by Crippen LogP contribution is 2.29. The Bertz CT molecular complexity index is 327. The molecule has 0 aromatic heterocycles. The summed E-state index contributed by atoms with van der Waals surface area (Å²) in [6.07, 6.45) is 0. The highest BCUT2D eigenvalue weighted by Gasteiger charge is 2.37. The maximum absolute atomic E-state index is 10.8. The summed E-state index contributed by atoms with van der Waals surface area (Å²) in [5.74, 6) is -0.743. The van der Waals surface area contributed by atoms with E-state index in [2.05, 4.69) is 0 Å². The molecule has 1 rings (SSSR count). The van der Waals surface area contributed by atoms with Crippen molar-refractivity contribution >= 4 is 29.1 Å². The maximum atomic E-state index is 10.8. The largest absolute Gasteiger partial charge is 0.368 e. The van der Waals surface area contributed by atoms with Gasteiger partial charge in [0.1, 0.15) is 10.4 Å². The SMILES string of the molecule is NC(=O)C(Cl)C(N)(Cl)c1ccccc1. The highest BCUT2D eigenvalue weighted by atomic mass is 35.5. The third-order valence-electron chi connectivity index (χ3n) is 1.83. The van der Waals surface area contributed by atoms with Crippen LogP contribution in [0.25, 0.3) is 0 Å².